The van der Waals surface area contributed by atoms with Crippen LogP contribution >= 0.6 is 0 Å². The number of carboxylic acids is 1. The van der Waals surface area contributed by atoms with Crippen LogP contribution in [0.4, 0.5) is 0 Å². The van der Waals surface area contributed by atoms with Crippen molar-refractivity contribution in [3.8, 4) is 0 Å². The molecule has 0 radical (unpaired) electrons. The maximum atomic E-state index is 12.4. The minimum absolute atomic E-state index is 0.0226. The standard InChI is InChI=1S/C29H47N3O7/c1-25-6-8-26(9-7-25)28(34)5-3-4-17-37-19-21-39-22-20-38-18-10-27(33)23-31-13-11-30(2)12-14-32(16-15-31)24-29(35)36/h6-9H,3-5,10-24H2,1-2H3,(H,35,36). The Balaban J connectivity index is 1.42. The van der Waals surface area contributed by atoms with Gasteiger partial charge < -0.3 is 24.2 Å². The summed E-state index contributed by atoms with van der Waals surface area (Å²) in [5.74, 6) is -0.534. The van der Waals surface area contributed by atoms with Crippen LogP contribution in [0.25, 0.3) is 0 Å². The summed E-state index contributed by atoms with van der Waals surface area (Å²) in [5, 5.41) is 9.11. The molecule has 1 saturated heterocycles. The maximum Gasteiger partial charge on any atom is 0.317 e. The van der Waals surface area contributed by atoms with Crippen molar-refractivity contribution in [2.45, 2.75) is 32.6 Å². The van der Waals surface area contributed by atoms with Crippen molar-refractivity contribution in [1.82, 2.24) is 14.7 Å². The van der Waals surface area contributed by atoms with Crippen LogP contribution < -0.4 is 0 Å². The van der Waals surface area contributed by atoms with E-state index in [9.17, 15) is 14.4 Å². The number of ether oxygens (including phenoxy) is 3. The number of hydrogen-bond donors (Lipinski definition) is 1. The first kappa shape index (κ1) is 33.0. The number of Topliss-reactive ketones (excluding diaryl/α,β-unsaturated/α-hetero) is 2. The molecule has 0 spiro atoms. The molecular weight excluding hydrogens is 502 g/mol. The van der Waals surface area contributed by atoms with Gasteiger partial charge in [-0.25, -0.2) is 0 Å². The first-order chi connectivity index (χ1) is 18.8. The largest absolute Gasteiger partial charge is 0.480 e. The Morgan fingerprint density at radius 3 is 1.87 bits per heavy atom. The van der Waals surface area contributed by atoms with Gasteiger partial charge in [-0.2, -0.15) is 0 Å². The average molecular weight is 550 g/mol. The molecule has 220 valence electrons. The van der Waals surface area contributed by atoms with Gasteiger partial charge in [-0.3, -0.25) is 24.2 Å². The van der Waals surface area contributed by atoms with Crippen LogP contribution in [-0.4, -0.2) is 136 Å². The predicted octanol–water partition coefficient (Wildman–Crippen LogP) is 1.99. The van der Waals surface area contributed by atoms with Gasteiger partial charge in [0.25, 0.3) is 0 Å². The van der Waals surface area contributed by atoms with Gasteiger partial charge in [0.05, 0.1) is 46.1 Å². The number of ketones is 2. The molecule has 0 saturated carbocycles. The van der Waals surface area contributed by atoms with Crippen LogP contribution in [0.5, 0.6) is 0 Å². The van der Waals surface area contributed by atoms with Crippen LogP contribution in [0, 0.1) is 6.92 Å². The molecule has 1 heterocycles. The topological polar surface area (TPSA) is 109 Å². The lowest BCUT2D eigenvalue weighted by Gasteiger charge is -2.24. The highest BCUT2D eigenvalue weighted by molar-refractivity contribution is 5.96. The molecule has 0 aromatic heterocycles. The van der Waals surface area contributed by atoms with Gasteiger partial charge in [-0.15, -0.1) is 0 Å². The van der Waals surface area contributed by atoms with Crippen molar-refractivity contribution in [2.24, 2.45) is 0 Å². The summed E-state index contributed by atoms with van der Waals surface area (Å²) < 4.78 is 16.6. The minimum Gasteiger partial charge on any atom is -0.480 e. The second-order valence-electron chi connectivity index (χ2n) is 10.1. The molecule has 1 fully saturated rings. The van der Waals surface area contributed by atoms with Gasteiger partial charge in [-0.05, 0) is 26.8 Å². The summed E-state index contributed by atoms with van der Waals surface area (Å²) in [5.41, 5.74) is 1.92. The lowest BCUT2D eigenvalue weighted by atomic mass is 10.0. The number of unbranched alkanes of at least 4 members (excludes halogenated alkanes) is 1. The summed E-state index contributed by atoms with van der Waals surface area (Å²) in [4.78, 5) is 41.8. The molecule has 10 nitrogen and oxygen atoms in total. The number of carbonyl (C=O) groups excluding carboxylic acids is 2. The molecule has 1 aliphatic rings. The molecule has 0 bridgehead atoms. The van der Waals surface area contributed by atoms with Gasteiger partial charge in [0.1, 0.15) is 5.78 Å². The molecule has 0 amide bonds. The fourth-order valence-corrected chi connectivity index (χ4v) is 4.18. The Morgan fingerprint density at radius 2 is 1.26 bits per heavy atom. The number of hydrogen-bond acceptors (Lipinski definition) is 9. The zero-order chi connectivity index (χ0) is 28.3. The lowest BCUT2D eigenvalue weighted by Crippen LogP contribution is -2.40. The van der Waals surface area contributed by atoms with Crippen LogP contribution in [-0.2, 0) is 23.8 Å². The molecule has 1 aromatic rings. The van der Waals surface area contributed by atoms with Gasteiger partial charge in [0, 0.05) is 64.3 Å². The molecule has 2 rings (SSSR count). The molecule has 0 aliphatic carbocycles. The number of nitrogens with zero attached hydrogens (tertiary/aromatic N) is 3. The van der Waals surface area contributed by atoms with E-state index in [1.165, 1.54) is 0 Å². The third-order valence-corrected chi connectivity index (χ3v) is 6.67. The van der Waals surface area contributed by atoms with E-state index in [2.05, 4.69) is 9.80 Å². The number of aliphatic carboxylic acids is 1. The fraction of sp³-hybridized carbons (Fsp3) is 0.690. The number of carbonyl (C=O) groups is 3. The van der Waals surface area contributed by atoms with E-state index in [0.717, 1.165) is 43.6 Å². The van der Waals surface area contributed by atoms with Crippen LogP contribution in [0.1, 0.15) is 41.6 Å². The van der Waals surface area contributed by atoms with Gasteiger partial charge in [0.2, 0.25) is 0 Å². The van der Waals surface area contributed by atoms with E-state index >= 15 is 0 Å². The SMILES string of the molecule is Cc1ccc(C(=O)CCCCOCCOCCOCCC(=O)CN2CCN(C)CCN(CC(=O)O)CC2)cc1. The molecule has 39 heavy (non-hydrogen) atoms. The number of benzene rings is 1. The first-order valence-electron chi connectivity index (χ1n) is 14.0. The second kappa shape index (κ2) is 19.8. The number of carboxylic acid groups (broad SMARTS) is 1. The Hall–Kier alpha value is -2.21. The minimum atomic E-state index is -0.827. The van der Waals surface area contributed by atoms with E-state index in [1.54, 1.807) is 0 Å². The highest BCUT2D eigenvalue weighted by Crippen LogP contribution is 2.09. The third kappa shape index (κ3) is 15.8. The van der Waals surface area contributed by atoms with E-state index in [1.807, 2.05) is 43.1 Å². The van der Waals surface area contributed by atoms with E-state index in [-0.39, 0.29) is 18.1 Å². The normalized spacial score (nSPS) is 15.9. The fourth-order valence-electron chi connectivity index (χ4n) is 4.18. The number of aryl methyl sites for hydroxylation is 1. The Kier molecular flexibility index (Phi) is 16.7. The maximum absolute atomic E-state index is 12.4. The van der Waals surface area contributed by atoms with Crippen molar-refractivity contribution in [3.05, 3.63) is 35.4 Å². The molecule has 0 atom stereocenters. The third-order valence-electron chi connectivity index (χ3n) is 6.67. The molecule has 1 aliphatic heterocycles. The van der Waals surface area contributed by atoms with Crippen LogP contribution in [0.15, 0.2) is 24.3 Å². The van der Waals surface area contributed by atoms with Gasteiger partial charge >= 0.3 is 5.97 Å². The zero-order valence-corrected chi connectivity index (χ0v) is 23.8. The summed E-state index contributed by atoms with van der Waals surface area (Å²) in [7, 11) is 2.02. The molecule has 1 N–H and O–H groups in total. The summed E-state index contributed by atoms with van der Waals surface area (Å²) in [6, 6.07) is 7.68. The molecular formula is C29H47N3O7. The smallest absolute Gasteiger partial charge is 0.317 e. The lowest BCUT2D eigenvalue weighted by molar-refractivity contribution is -0.138. The highest BCUT2D eigenvalue weighted by atomic mass is 16.5. The Labute approximate surface area is 233 Å². The first-order valence-corrected chi connectivity index (χ1v) is 14.0. The summed E-state index contributed by atoms with van der Waals surface area (Å²) in [6.45, 7) is 9.66. The number of rotatable bonds is 19. The summed E-state index contributed by atoms with van der Waals surface area (Å²) >= 11 is 0. The van der Waals surface area contributed by atoms with Crippen LogP contribution in [0.2, 0.25) is 0 Å². The van der Waals surface area contributed by atoms with E-state index < -0.39 is 5.97 Å². The molecule has 0 unspecified atom stereocenters. The Morgan fingerprint density at radius 1 is 0.718 bits per heavy atom. The van der Waals surface area contributed by atoms with Crippen molar-refractivity contribution >= 4 is 17.5 Å². The highest BCUT2D eigenvalue weighted by Gasteiger charge is 2.18. The molecule has 10 heteroatoms. The summed E-state index contributed by atoms with van der Waals surface area (Å²) in [6.07, 6.45) is 2.52. The second-order valence-corrected chi connectivity index (χ2v) is 10.1. The Bertz CT molecular complexity index is 850. The predicted molar refractivity (Wildman–Crippen MR) is 149 cm³/mol. The van der Waals surface area contributed by atoms with Gasteiger partial charge in [0.15, 0.2) is 5.78 Å². The monoisotopic (exact) mass is 549 g/mol. The zero-order valence-electron chi connectivity index (χ0n) is 23.8. The quantitative estimate of drug-likeness (QED) is 0.203. The average Bonchev–Trinajstić information content (AvgIpc) is 2.98. The number of likely N-dealkylation sites (N-methyl/N-ethyl adjacent to an activating group) is 1. The van der Waals surface area contributed by atoms with Crippen molar-refractivity contribution in [2.75, 3.05) is 99.0 Å². The van der Waals surface area contributed by atoms with Crippen LogP contribution in [0.3, 0.4) is 0 Å². The van der Waals surface area contributed by atoms with Crippen molar-refractivity contribution in [1.29, 1.82) is 0 Å². The van der Waals surface area contributed by atoms with Crippen molar-refractivity contribution in [3.63, 3.8) is 0 Å². The van der Waals surface area contributed by atoms with Crippen molar-refractivity contribution < 1.29 is 33.7 Å². The van der Waals surface area contributed by atoms with Gasteiger partial charge in [-0.1, -0.05) is 29.8 Å². The van der Waals surface area contributed by atoms with E-state index in [0.29, 0.717) is 78.7 Å². The van der Waals surface area contributed by atoms with E-state index in [4.69, 9.17) is 19.3 Å². The molecule has 1 aromatic carbocycles.